The van der Waals surface area contributed by atoms with Crippen LogP contribution >= 0.6 is 11.6 Å². The lowest BCUT2D eigenvalue weighted by molar-refractivity contribution is -0.114. The van der Waals surface area contributed by atoms with E-state index in [1.54, 1.807) is 42.9 Å². The third-order valence-corrected chi connectivity index (χ3v) is 3.67. The van der Waals surface area contributed by atoms with Crippen LogP contribution in [-0.2, 0) is 9.63 Å². The van der Waals surface area contributed by atoms with Crippen LogP contribution in [-0.4, -0.2) is 35.6 Å². The number of amides is 1. The van der Waals surface area contributed by atoms with E-state index < -0.39 is 0 Å². The molecule has 1 aromatic heterocycles. The molecule has 0 spiro atoms. The SMILES string of the molecule is CNC(=O)C(=NOC)C(C)=C(C)Oc1ccn(-c2ccc(Cl)cc2)n1. The fourth-order valence-corrected chi connectivity index (χ4v) is 2.12. The van der Waals surface area contributed by atoms with Crippen LogP contribution in [0.1, 0.15) is 13.8 Å². The summed E-state index contributed by atoms with van der Waals surface area (Å²) < 4.78 is 7.39. The predicted octanol–water partition coefficient (Wildman–Crippen LogP) is 2.95. The predicted molar refractivity (Wildman–Crippen MR) is 96.1 cm³/mol. The Balaban J connectivity index is 2.22. The second-order valence-corrected chi connectivity index (χ2v) is 5.50. The summed E-state index contributed by atoms with van der Waals surface area (Å²) in [5.74, 6) is 0.509. The van der Waals surface area contributed by atoms with Crippen LogP contribution in [0.5, 0.6) is 5.88 Å². The lowest BCUT2D eigenvalue weighted by atomic mass is 10.1. The van der Waals surface area contributed by atoms with Crippen LogP contribution in [0.15, 0.2) is 53.0 Å². The van der Waals surface area contributed by atoms with Crippen LogP contribution in [0, 0.1) is 0 Å². The number of hydrogen-bond donors (Lipinski definition) is 1. The number of carbonyl (C=O) groups excluding carboxylic acids is 1. The number of hydrogen-bond acceptors (Lipinski definition) is 5. The molecule has 0 fully saturated rings. The highest BCUT2D eigenvalue weighted by Gasteiger charge is 2.17. The van der Waals surface area contributed by atoms with Crippen molar-refractivity contribution in [2.75, 3.05) is 14.2 Å². The molecule has 1 heterocycles. The van der Waals surface area contributed by atoms with Crippen LogP contribution in [0.4, 0.5) is 0 Å². The molecule has 0 aliphatic carbocycles. The van der Waals surface area contributed by atoms with Gasteiger partial charge < -0.3 is 14.9 Å². The summed E-state index contributed by atoms with van der Waals surface area (Å²) in [5.41, 5.74) is 1.53. The third kappa shape index (κ3) is 4.60. The Morgan fingerprint density at radius 3 is 2.52 bits per heavy atom. The van der Waals surface area contributed by atoms with E-state index in [1.165, 1.54) is 14.2 Å². The Morgan fingerprint density at radius 2 is 1.92 bits per heavy atom. The zero-order valence-corrected chi connectivity index (χ0v) is 15.2. The molecule has 0 aliphatic heterocycles. The largest absolute Gasteiger partial charge is 0.442 e. The van der Waals surface area contributed by atoms with Crippen LogP contribution in [0.25, 0.3) is 5.69 Å². The molecule has 0 bridgehead atoms. The molecule has 2 rings (SSSR count). The minimum Gasteiger partial charge on any atom is -0.442 e. The first kappa shape index (κ1) is 18.5. The molecular formula is C17H19ClN4O3. The summed E-state index contributed by atoms with van der Waals surface area (Å²) in [4.78, 5) is 16.6. The van der Waals surface area contributed by atoms with Gasteiger partial charge in [-0.15, -0.1) is 5.10 Å². The molecular weight excluding hydrogens is 344 g/mol. The molecule has 7 nitrogen and oxygen atoms in total. The Hall–Kier alpha value is -2.80. The zero-order chi connectivity index (χ0) is 18.4. The molecule has 0 atom stereocenters. The van der Waals surface area contributed by atoms with Gasteiger partial charge >= 0.3 is 0 Å². The van der Waals surface area contributed by atoms with Gasteiger partial charge in [-0.25, -0.2) is 4.68 Å². The average molecular weight is 363 g/mol. The van der Waals surface area contributed by atoms with Crippen molar-refractivity contribution < 1.29 is 14.4 Å². The number of rotatable bonds is 6. The molecule has 0 radical (unpaired) electrons. The Kier molecular flexibility index (Phi) is 6.19. The molecule has 0 saturated heterocycles. The molecule has 1 aromatic carbocycles. The highest BCUT2D eigenvalue weighted by atomic mass is 35.5. The number of halogens is 1. The van der Waals surface area contributed by atoms with Gasteiger partial charge in [0.25, 0.3) is 5.91 Å². The number of benzene rings is 1. The monoisotopic (exact) mass is 362 g/mol. The Bertz CT molecular complexity index is 810. The lowest BCUT2D eigenvalue weighted by Crippen LogP contribution is -2.29. The van der Waals surface area contributed by atoms with Crippen molar-refractivity contribution in [1.82, 2.24) is 15.1 Å². The summed E-state index contributed by atoms with van der Waals surface area (Å²) in [5, 5.41) is 11.3. The normalized spacial score (nSPS) is 12.4. The second-order valence-electron chi connectivity index (χ2n) is 5.06. The number of nitrogens with zero attached hydrogens (tertiary/aromatic N) is 3. The molecule has 132 valence electrons. The Labute approximate surface area is 150 Å². The summed E-state index contributed by atoms with van der Waals surface area (Å²) in [6.45, 7) is 3.45. The first-order valence-electron chi connectivity index (χ1n) is 7.46. The van der Waals surface area contributed by atoms with Crippen molar-refractivity contribution in [3.05, 3.63) is 52.9 Å². The second kappa shape index (κ2) is 8.34. The van der Waals surface area contributed by atoms with Gasteiger partial charge in [-0.1, -0.05) is 16.8 Å². The standard InChI is InChI=1S/C17H19ClN4O3/c1-11(16(21-24-4)17(23)19-3)12(2)25-15-9-10-22(20-15)14-7-5-13(18)6-8-14/h5-10H,1-4H3,(H,19,23). The van der Waals surface area contributed by atoms with Crippen molar-refractivity contribution >= 4 is 23.2 Å². The summed E-state index contributed by atoms with van der Waals surface area (Å²) >= 11 is 5.89. The van der Waals surface area contributed by atoms with E-state index in [0.29, 0.717) is 22.2 Å². The summed E-state index contributed by atoms with van der Waals surface area (Å²) in [6.07, 6.45) is 1.77. The highest BCUT2D eigenvalue weighted by molar-refractivity contribution is 6.45. The summed E-state index contributed by atoms with van der Waals surface area (Å²) in [6, 6.07) is 8.99. The number of ether oxygens (including phenoxy) is 1. The molecule has 0 aliphatic rings. The van der Waals surface area contributed by atoms with Gasteiger partial charge in [0.2, 0.25) is 5.88 Å². The van der Waals surface area contributed by atoms with Crippen LogP contribution in [0.2, 0.25) is 5.02 Å². The van der Waals surface area contributed by atoms with Gasteiger partial charge in [0.15, 0.2) is 5.71 Å². The number of oxime groups is 1. The van der Waals surface area contributed by atoms with Crippen LogP contribution < -0.4 is 10.1 Å². The average Bonchev–Trinajstić information content (AvgIpc) is 3.07. The van der Waals surface area contributed by atoms with Gasteiger partial charge in [-0.3, -0.25) is 4.79 Å². The van der Waals surface area contributed by atoms with Gasteiger partial charge in [-0.2, -0.15) is 0 Å². The molecule has 8 heteroatoms. The fraction of sp³-hybridized carbons (Fsp3) is 0.235. The van der Waals surface area contributed by atoms with Gasteiger partial charge in [0.05, 0.1) is 5.69 Å². The molecule has 1 amide bonds. The number of carbonyl (C=O) groups is 1. The first-order valence-corrected chi connectivity index (χ1v) is 7.84. The van der Waals surface area contributed by atoms with E-state index >= 15 is 0 Å². The molecule has 1 N–H and O–H groups in total. The third-order valence-electron chi connectivity index (χ3n) is 3.42. The maximum Gasteiger partial charge on any atom is 0.273 e. The minimum absolute atomic E-state index is 0.139. The fourth-order valence-electron chi connectivity index (χ4n) is 1.99. The minimum atomic E-state index is -0.367. The molecule has 25 heavy (non-hydrogen) atoms. The van der Waals surface area contributed by atoms with E-state index in [1.807, 2.05) is 12.1 Å². The highest BCUT2D eigenvalue weighted by Crippen LogP contribution is 2.18. The molecule has 2 aromatic rings. The van der Waals surface area contributed by atoms with Crippen molar-refractivity contribution in [3.8, 4) is 11.6 Å². The van der Waals surface area contributed by atoms with E-state index in [-0.39, 0.29) is 11.6 Å². The maximum atomic E-state index is 11.9. The quantitative estimate of drug-likeness (QED) is 0.487. The molecule has 0 saturated carbocycles. The molecule has 0 unspecified atom stereocenters. The first-order chi connectivity index (χ1) is 12.0. The maximum absolute atomic E-state index is 11.9. The zero-order valence-electron chi connectivity index (χ0n) is 14.4. The number of nitrogens with one attached hydrogen (secondary N) is 1. The Morgan fingerprint density at radius 1 is 1.24 bits per heavy atom. The number of aromatic nitrogens is 2. The van der Waals surface area contributed by atoms with Crippen LogP contribution in [0.3, 0.4) is 0 Å². The van der Waals surface area contributed by atoms with Crippen molar-refractivity contribution in [3.63, 3.8) is 0 Å². The topological polar surface area (TPSA) is 77.7 Å². The van der Waals surface area contributed by atoms with Crippen molar-refractivity contribution in [2.45, 2.75) is 13.8 Å². The lowest BCUT2D eigenvalue weighted by Gasteiger charge is -2.09. The van der Waals surface area contributed by atoms with E-state index in [0.717, 1.165) is 5.69 Å². The van der Waals surface area contributed by atoms with Crippen molar-refractivity contribution in [2.24, 2.45) is 5.16 Å². The van der Waals surface area contributed by atoms with Crippen molar-refractivity contribution in [1.29, 1.82) is 0 Å². The van der Waals surface area contributed by atoms with Gasteiger partial charge in [0.1, 0.15) is 12.9 Å². The van der Waals surface area contributed by atoms with Gasteiger partial charge in [-0.05, 0) is 38.1 Å². The summed E-state index contributed by atoms with van der Waals surface area (Å²) in [7, 11) is 2.89. The smallest absolute Gasteiger partial charge is 0.273 e. The number of allylic oxidation sites excluding steroid dienone is 1. The van der Waals surface area contributed by atoms with E-state index in [9.17, 15) is 4.79 Å². The van der Waals surface area contributed by atoms with E-state index in [4.69, 9.17) is 21.2 Å². The van der Waals surface area contributed by atoms with E-state index in [2.05, 4.69) is 15.6 Å². The van der Waals surface area contributed by atoms with Gasteiger partial charge in [0, 0.05) is 29.9 Å².